The first-order valence-corrected chi connectivity index (χ1v) is 9.19. The molecular weight excluding hydrogens is 354 g/mol. The Bertz CT molecular complexity index is 620. The third-order valence-corrected chi connectivity index (χ3v) is 4.97. The molecular formula is C19H28ClN3O3. The minimum atomic E-state index is -0.288. The number of nitrogens with zero attached hydrogens (tertiary/aromatic N) is 1. The summed E-state index contributed by atoms with van der Waals surface area (Å²) in [7, 11) is 0. The molecule has 2 aliphatic rings. The lowest BCUT2D eigenvalue weighted by molar-refractivity contribution is -0.126. The van der Waals surface area contributed by atoms with Gasteiger partial charge in [-0.25, -0.2) is 0 Å². The van der Waals surface area contributed by atoms with E-state index < -0.39 is 0 Å². The number of nitrogens with one attached hydrogen (secondary N) is 2. The quantitative estimate of drug-likeness (QED) is 0.757. The fourth-order valence-corrected chi connectivity index (χ4v) is 3.58. The summed E-state index contributed by atoms with van der Waals surface area (Å²) < 4.78 is 5.61. The minimum Gasteiger partial charge on any atom is -0.492 e. The standard InChI is InChI=1S/C19H27N3O3.ClH/c1-2-25-17-6-4-3-5-16(17)22-13-15(11-18(22)23)19(24)21-10-8-14-7-9-20-12-14;/h3-6,14-15,20H,2,7-13H2,1H3,(H,21,24);1H. The van der Waals surface area contributed by atoms with Crippen molar-refractivity contribution in [3.8, 4) is 5.75 Å². The van der Waals surface area contributed by atoms with Crippen LogP contribution < -0.4 is 20.3 Å². The Morgan fingerprint density at radius 3 is 2.92 bits per heavy atom. The van der Waals surface area contributed by atoms with Crippen LogP contribution in [0.3, 0.4) is 0 Å². The Balaban J connectivity index is 0.00000243. The number of anilines is 1. The Morgan fingerprint density at radius 2 is 2.19 bits per heavy atom. The van der Waals surface area contributed by atoms with Gasteiger partial charge in [0.2, 0.25) is 11.8 Å². The SMILES string of the molecule is CCOc1ccccc1N1CC(C(=O)NCCC2CCNC2)CC1=O.Cl. The molecule has 7 heteroatoms. The van der Waals surface area contributed by atoms with Gasteiger partial charge in [0, 0.05) is 19.5 Å². The minimum absolute atomic E-state index is 0. The Labute approximate surface area is 161 Å². The molecule has 2 unspecified atom stereocenters. The number of hydrogen-bond donors (Lipinski definition) is 2. The van der Waals surface area contributed by atoms with Gasteiger partial charge in [0.15, 0.2) is 0 Å². The lowest BCUT2D eigenvalue weighted by atomic mass is 10.0. The van der Waals surface area contributed by atoms with Gasteiger partial charge < -0.3 is 20.3 Å². The number of carbonyl (C=O) groups is 2. The van der Waals surface area contributed by atoms with Crippen molar-refractivity contribution in [1.82, 2.24) is 10.6 Å². The summed E-state index contributed by atoms with van der Waals surface area (Å²) >= 11 is 0. The first-order chi connectivity index (χ1) is 12.2. The number of amides is 2. The number of para-hydroxylation sites is 2. The molecule has 1 aromatic rings. The molecule has 144 valence electrons. The Hall–Kier alpha value is -1.79. The van der Waals surface area contributed by atoms with Crippen molar-refractivity contribution in [3.05, 3.63) is 24.3 Å². The highest BCUT2D eigenvalue weighted by Gasteiger charge is 2.36. The van der Waals surface area contributed by atoms with E-state index in [1.165, 1.54) is 6.42 Å². The molecule has 2 heterocycles. The van der Waals surface area contributed by atoms with Crippen LogP contribution in [0.1, 0.15) is 26.2 Å². The third-order valence-electron chi connectivity index (χ3n) is 4.97. The van der Waals surface area contributed by atoms with Crippen LogP contribution in [0.15, 0.2) is 24.3 Å². The van der Waals surface area contributed by atoms with Crippen LogP contribution in [0, 0.1) is 11.8 Å². The van der Waals surface area contributed by atoms with E-state index in [1.54, 1.807) is 4.90 Å². The highest BCUT2D eigenvalue weighted by Crippen LogP contribution is 2.33. The normalized spacial score (nSPS) is 22.2. The second kappa shape index (κ2) is 9.78. The Morgan fingerprint density at radius 1 is 1.38 bits per heavy atom. The van der Waals surface area contributed by atoms with Crippen molar-refractivity contribution >= 4 is 29.9 Å². The number of ether oxygens (including phenoxy) is 1. The Kier molecular flexibility index (Phi) is 7.72. The summed E-state index contributed by atoms with van der Waals surface area (Å²) in [6.07, 6.45) is 2.44. The third kappa shape index (κ3) is 4.89. The maximum Gasteiger partial charge on any atom is 0.227 e. The zero-order chi connectivity index (χ0) is 17.6. The molecule has 6 nitrogen and oxygen atoms in total. The molecule has 0 bridgehead atoms. The van der Waals surface area contributed by atoms with E-state index in [-0.39, 0.29) is 36.6 Å². The van der Waals surface area contributed by atoms with Gasteiger partial charge in [-0.3, -0.25) is 9.59 Å². The van der Waals surface area contributed by atoms with Crippen LogP contribution in [0.4, 0.5) is 5.69 Å². The number of hydrogen-bond acceptors (Lipinski definition) is 4. The first kappa shape index (κ1) is 20.5. The smallest absolute Gasteiger partial charge is 0.227 e. The van der Waals surface area contributed by atoms with E-state index in [1.807, 2.05) is 31.2 Å². The zero-order valence-corrected chi connectivity index (χ0v) is 16.0. The molecule has 1 aromatic carbocycles. The van der Waals surface area contributed by atoms with Crippen molar-refractivity contribution in [2.75, 3.05) is 37.7 Å². The van der Waals surface area contributed by atoms with Crippen molar-refractivity contribution in [2.24, 2.45) is 11.8 Å². The van der Waals surface area contributed by atoms with Gasteiger partial charge in [0.1, 0.15) is 5.75 Å². The molecule has 2 fully saturated rings. The maximum atomic E-state index is 12.4. The van der Waals surface area contributed by atoms with Crippen LogP contribution in [-0.4, -0.2) is 44.6 Å². The molecule has 0 radical (unpaired) electrons. The summed E-state index contributed by atoms with van der Waals surface area (Å²) in [6, 6.07) is 7.50. The predicted octanol–water partition coefficient (Wildman–Crippen LogP) is 1.98. The number of halogens is 1. The van der Waals surface area contributed by atoms with E-state index >= 15 is 0 Å². The zero-order valence-electron chi connectivity index (χ0n) is 15.2. The molecule has 2 amide bonds. The van der Waals surface area contributed by atoms with Crippen molar-refractivity contribution < 1.29 is 14.3 Å². The molecule has 2 saturated heterocycles. The summed E-state index contributed by atoms with van der Waals surface area (Å²) in [4.78, 5) is 26.5. The number of benzene rings is 1. The van der Waals surface area contributed by atoms with E-state index in [0.717, 1.165) is 25.2 Å². The maximum absolute atomic E-state index is 12.4. The summed E-state index contributed by atoms with van der Waals surface area (Å²) in [5, 5.41) is 6.34. The monoisotopic (exact) mass is 381 g/mol. The van der Waals surface area contributed by atoms with Gasteiger partial charge in [-0.1, -0.05) is 12.1 Å². The molecule has 0 aliphatic carbocycles. The predicted molar refractivity (Wildman–Crippen MR) is 104 cm³/mol. The van der Waals surface area contributed by atoms with E-state index in [2.05, 4.69) is 10.6 Å². The summed E-state index contributed by atoms with van der Waals surface area (Å²) in [5.41, 5.74) is 0.752. The van der Waals surface area contributed by atoms with Crippen LogP contribution in [0.25, 0.3) is 0 Å². The molecule has 0 saturated carbocycles. The molecule has 2 atom stereocenters. The highest BCUT2D eigenvalue weighted by atomic mass is 35.5. The second-order valence-corrected chi connectivity index (χ2v) is 6.74. The van der Waals surface area contributed by atoms with Crippen LogP contribution in [0.5, 0.6) is 5.75 Å². The van der Waals surface area contributed by atoms with E-state index in [9.17, 15) is 9.59 Å². The fourth-order valence-electron chi connectivity index (χ4n) is 3.58. The van der Waals surface area contributed by atoms with Crippen molar-refractivity contribution in [1.29, 1.82) is 0 Å². The average Bonchev–Trinajstić information content (AvgIpc) is 3.25. The number of carbonyl (C=O) groups excluding carboxylic acids is 2. The van der Waals surface area contributed by atoms with Gasteiger partial charge in [-0.15, -0.1) is 12.4 Å². The van der Waals surface area contributed by atoms with Crippen LogP contribution in [0.2, 0.25) is 0 Å². The van der Waals surface area contributed by atoms with Crippen molar-refractivity contribution in [3.63, 3.8) is 0 Å². The van der Waals surface area contributed by atoms with Crippen molar-refractivity contribution in [2.45, 2.75) is 26.2 Å². The second-order valence-electron chi connectivity index (χ2n) is 6.74. The van der Waals surface area contributed by atoms with E-state index in [0.29, 0.717) is 31.4 Å². The lowest BCUT2D eigenvalue weighted by Gasteiger charge is -2.20. The number of rotatable bonds is 7. The van der Waals surface area contributed by atoms with Gasteiger partial charge in [-0.2, -0.15) is 0 Å². The molecule has 0 aromatic heterocycles. The van der Waals surface area contributed by atoms with Crippen LogP contribution >= 0.6 is 12.4 Å². The first-order valence-electron chi connectivity index (χ1n) is 9.19. The van der Waals surface area contributed by atoms with E-state index in [4.69, 9.17) is 4.74 Å². The van der Waals surface area contributed by atoms with Gasteiger partial charge in [-0.05, 0) is 50.9 Å². The highest BCUT2D eigenvalue weighted by molar-refractivity contribution is 6.01. The molecule has 3 rings (SSSR count). The molecule has 2 N–H and O–H groups in total. The largest absolute Gasteiger partial charge is 0.492 e. The lowest BCUT2D eigenvalue weighted by Crippen LogP contribution is -2.34. The topological polar surface area (TPSA) is 70.7 Å². The summed E-state index contributed by atoms with van der Waals surface area (Å²) in [5.74, 6) is 1.01. The van der Waals surface area contributed by atoms with Gasteiger partial charge in [0.25, 0.3) is 0 Å². The van der Waals surface area contributed by atoms with Gasteiger partial charge in [0.05, 0.1) is 18.2 Å². The van der Waals surface area contributed by atoms with Gasteiger partial charge >= 0.3 is 0 Å². The molecule has 0 spiro atoms. The fraction of sp³-hybridized carbons (Fsp3) is 0.579. The van der Waals surface area contributed by atoms with Crippen LogP contribution in [-0.2, 0) is 9.59 Å². The molecule has 2 aliphatic heterocycles. The average molecular weight is 382 g/mol. The molecule has 26 heavy (non-hydrogen) atoms. The summed E-state index contributed by atoms with van der Waals surface area (Å²) in [6.45, 7) is 5.67.